The van der Waals surface area contributed by atoms with E-state index in [1.165, 1.54) is 11.3 Å². The van der Waals surface area contributed by atoms with Crippen LogP contribution in [0.15, 0.2) is 42.7 Å². The van der Waals surface area contributed by atoms with Crippen molar-refractivity contribution in [3.05, 3.63) is 47.7 Å². The maximum absolute atomic E-state index is 12.3. The Balaban J connectivity index is 1.43. The maximum Gasteiger partial charge on any atom is 0.227 e. The van der Waals surface area contributed by atoms with Crippen LogP contribution in [0, 0.1) is 0 Å². The molecule has 8 nitrogen and oxygen atoms in total. The maximum atomic E-state index is 12.3. The molecule has 154 valence electrons. The summed E-state index contributed by atoms with van der Waals surface area (Å²) >= 11 is 2.94. The first kappa shape index (κ1) is 20.3. The van der Waals surface area contributed by atoms with Crippen LogP contribution in [0.5, 0.6) is 0 Å². The van der Waals surface area contributed by atoms with E-state index in [4.69, 9.17) is 4.74 Å². The zero-order valence-electron chi connectivity index (χ0n) is 16.5. The summed E-state index contributed by atoms with van der Waals surface area (Å²) in [6.45, 7) is 0.893. The standard InChI is InChI=1S/C20H20N6O2S2/c1-26(9-8-16(27)23-20-25-24-17(30-20)11-28-2)18-14-10-15(13-6-4-3-5-7-13)29-19(14)22-12-21-18/h3-7,10,12H,8-9,11H2,1-2H3,(H,23,25,27). The number of carbonyl (C=O) groups is 1. The van der Waals surface area contributed by atoms with Gasteiger partial charge in [0.1, 0.15) is 28.6 Å². The number of carbonyl (C=O) groups excluding carboxylic acids is 1. The fraction of sp³-hybridized carbons (Fsp3) is 0.250. The largest absolute Gasteiger partial charge is 0.377 e. The van der Waals surface area contributed by atoms with Crippen LogP contribution in [0.1, 0.15) is 11.4 Å². The Kier molecular flexibility index (Phi) is 6.26. The van der Waals surface area contributed by atoms with Crippen LogP contribution >= 0.6 is 22.7 Å². The number of fused-ring (bicyclic) bond motifs is 1. The Hall–Kier alpha value is -2.95. The highest BCUT2D eigenvalue weighted by atomic mass is 32.1. The van der Waals surface area contributed by atoms with Crippen molar-refractivity contribution in [1.82, 2.24) is 20.2 Å². The SMILES string of the molecule is COCc1nnc(NC(=O)CCN(C)c2ncnc3sc(-c4ccccc4)cc23)s1. The van der Waals surface area contributed by atoms with Gasteiger partial charge in [-0.25, -0.2) is 9.97 Å². The van der Waals surface area contributed by atoms with E-state index in [1.807, 2.05) is 30.1 Å². The molecular weight excluding hydrogens is 420 g/mol. The van der Waals surface area contributed by atoms with E-state index in [9.17, 15) is 4.79 Å². The van der Waals surface area contributed by atoms with Gasteiger partial charge in [0.2, 0.25) is 11.0 Å². The van der Waals surface area contributed by atoms with Crippen LogP contribution in [0.25, 0.3) is 20.7 Å². The van der Waals surface area contributed by atoms with E-state index in [2.05, 4.69) is 43.7 Å². The average Bonchev–Trinajstić information content (AvgIpc) is 3.39. The average molecular weight is 441 g/mol. The first-order valence-corrected chi connectivity index (χ1v) is 10.9. The van der Waals surface area contributed by atoms with Gasteiger partial charge in [0, 0.05) is 32.0 Å². The summed E-state index contributed by atoms with van der Waals surface area (Å²) in [4.78, 5) is 25.2. The second-order valence-electron chi connectivity index (χ2n) is 6.55. The van der Waals surface area contributed by atoms with Gasteiger partial charge >= 0.3 is 0 Å². The molecule has 0 aliphatic rings. The number of anilines is 2. The molecule has 3 heterocycles. The predicted octanol–water partition coefficient (Wildman–Crippen LogP) is 3.82. The number of amides is 1. The number of hydrogen-bond donors (Lipinski definition) is 1. The normalized spacial score (nSPS) is 11.0. The van der Waals surface area contributed by atoms with Crippen molar-refractivity contribution in [3.63, 3.8) is 0 Å². The molecule has 10 heteroatoms. The number of methoxy groups -OCH3 is 1. The zero-order valence-corrected chi connectivity index (χ0v) is 18.2. The van der Waals surface area contributed by atoms with Crippen LogP contribution in [0.3, 0.4) is 0 Å². The highest BCUT2D eigenvalue weighted by molar-refractivity contribution is 7.21. The number of hydrogen-bond acceptors (Lipinski definition) is 9. The molecule has 4 aromatic rings. The number of nitrogens with one attached hydrogen (secondary N) is 1. The van der Waals surface area contributed by atoms with Crippen LogP contribution < -0.4 is 10.2 Å². The smallest absolute Gasteiger partial charge is 0.227 e. The van der Waals surface area contributed by atoms with Crippen LogP contribution in [0.2, 0.25) is 0 Å². The number of ether oxygens (including phenoxy) is 1. The van der Waals surface area contributed by atoms with E-state index in [1.54, 1.807) is 24.8 Å². The van der Waals surface area contributed by atoms with Crippen molar-refractivity contribution >= 4 is 49.7 Å². The lowest BCUT2D eigenvalue weighted by molar-refractivity contribution is -0.116. The van der Waals surface area contributed by atoms with E-state index in [0.29, 0.717) is 24.7 Å². The number of thiophene rings is 1. The van der Waals surface area contributed by atoms with E-state index in [-0.39, 0.29) is 5.91 Å². The summed E-state index contributed by atoms with van der Waals surface area (Å²) in [5.74, 6) is 0.687. The first-order valence-electron chi connectivity index (χ1n) is 9.26. The number of benzene rings is 1. The van der Waals surface area contributed by atoms with Gasteiger partial charge in [-0.1, -0.05) is 41.7 Å². The van der Waals surface area contributed by atoms with Crippen molar-refractivity contribution < 1.29 is 9.53 Å². The quantitative estimate of drug-likeness (QED) is 0.445. The predicted molar refractivity (Wildman–Crippen MR) is 120 cm³/mol. The number of rotatable bonds is 8. The molecule has 4 rings (SSSR count). The molecule has 1 N–H and O–H groups in total. The topological polar surface area (TPSA) is 93.1 Å². The Morgan fingerprint density at radius 2 is 2.00 bits per heavy atom. The van der Waals surface area contributed by atoms with Crippen molar-refractivity contribution in [2.24, 2.45) is 0 Å². The third-order valence-electron chi connectivity index (χ3n) is 4.38. The lowest BCUT2D eigenvalue weighted by Gasteiger charge is -2.18. The minimum atomic E-state index is -0.123. The summed E-state index contributed by atoms with van der Waals surface area (Å²) in [5, 5.41) is 12.9. The number of nitrogens with zero attached hydrogens (tertiary/aromatic N) is 5. The molecule has 0 fully saturated rings. The van der Waals surface area contributed by atoms with Gasteiger partial charge in [-0.15, -0.1) is 21.5 Å². The summed E-state index contributed by atoms with van der Waals surface area (Å²) in [6, 6.07) is 12.3. The molecule has 0 atom stereocenters. The second-order valence-corrected chi connectivity index (χ2v) is 8.64. The molecule has 1 amide bonds. The van der Waals surface area contributed by atoms with E-state index >= 15 is 0 Å². The second kappa shape index (κ2) is 9.24. The Labute approximate surface area is 181 Å². The molecule has 3 aromatic heterocycles. The van der Waals surface area contributed by atoms with Gasteiger partial charge in [0.15, 0.2) is 0 Å². The van der Waals surface area contributed by atoms with E-state index < -0.39 is 0 Å². The third kappa shape index (κ3) is 4.61. The monoisotopic (exact) mass is 440 g/mol. The lowest BCUT2D eigenvalue weighted by Crippen LogP contribution is -2.24. The Morgan fingerprint density at radius 3 is 2.80 bits per heavy atom. The van der Waals surface area contributed by atoms with Gasteiger partial charge in [-0.3, -0.25) is 4.79 Å². The summed E-state index contributed by atoms with van der Waals surface area (Å²) in [5.41, 5.74) is 1.15. The first-order chi connectivity index (χ1) is 14.6. The molecule has 0 aliphatic carbocycles. The molecule has 0 spiro atoms. The van der Waals surface area contributed by atoms with Gasteiger partial charge in [0.05, 0.1) is 5.39 Å². The molecule has 1 aromatic carbocycles. The molecule has 0 saturated carbocycles. The van der Waals surface area contributed by atoms with Crippen molar-refractivity contribution in [2.45, 2.75) is 13.0 Å². The molecule has 0 bridgehead atoms. The summed E-state index contributed by atoms with van der Waals surface area (Å²) < 4.78 is 5.02. The number of aromatic nitrogens is 4. The summed E-state index contributed by atoms with van der Waals surface area (Å²) in [7, 11) is 3.52. The molecular formula is C20H20N6O2S2. The molecule has 0 saturated heterocycles. The van der Waals surface area contributed by atoms with Crippen molar-refractivity contribution in [1.29, 1.82) is 0 Å². The van der Waals surface area contributed by atoms with Crippen LogP contribution in [-0.4, -0.2) is 46.8 Å². The van der Waals surface area contributed by atoms with Crippen LogP contribution in [0.4, 0.5) is 10.9 Å². The molecule has 30 heavy (non-hydrogen) atoms. The Bertz CT molecular complexity index is 1140. The van der Waals surface area contributed by atoms with Gasteiger partial charge in [-0.05, 0) is 11.6 Å². The van der Waals surface area contributed by atoms with Crippen molar-refractivity contribution in [2.75, 3.05) is 30.9 Å². The van der Waals surface area contributed by atoms with Crippen LogP contribution in [-0.2, 0) is 16.1 Å². The summed E-state index contributed by atoms with van der Waals surface area (Å²) in [6.07, 6.45) is 1.87. The van der Waals surface area contributed by atoms with Gasteiger partial charge in [-0.2, -0.15) is 0 Å². The third-order valence-corrected chi connectivity index (χ3v) is 6.29. The minimum absolute atomic E-state index is 0.123. The van der Waals surface area contributed by atoms with Gasteiger partial charge < -0.3 is 15.0 Å². The fourth-order valence-electron chi connectivity index (χ4n) is 2.93. The lowest BCUT2D eigenvalue weighted by atomic mass is 10.2. The highest BCUT2D eigenvalue weighted by Gasteiger charge is 2.15. The molecule has 0 aliphatic heterocycles. The Morgan fingerprint density at radius 1 is 1.17 bits per heavy atom. The highest BCUT2D eigenvalue weighted by Crippen LogP contribution is 2.35. The minimum Gasteiger partial charge on any atom is -0.377 e. The van der Waals surface area contributed by atoms with E-state index in [0.717, 1.165) is 31.5 Å². The molecule has 0 radical (unpaired) electrons. The fourth-order valence-corrected chi connectivity index (χ4v) is 4.66. The zero-order chi connectivity index (χ0) is 20.9. The van der Waals surface area contributed by atoms with Crippen molar-refractivity contribution in [3.8, 4) is 10.4 Å². The molecule has 0 unspecified atom stereocenters. The van der Waals surface area contributed by atoms with Gasteiger partial charge in [0.25, 0.3) is 0 Å².